The van der Waals surface area contributed by atoms with Gasteiger partial charge in [-0.25, -0.2) is 0 Å². The van der Waals surface area contributed by atoms with E-state index in [4.69, 9.17) is 0 Å². The van der Waals surface area contributed by atoms with Crippen LogP contribution in [0.5, 0.6) is 0 Å². The van der Waals surface area contributed by atoms with Crippen molar-refractivity contribution >= 4 is 0 Å². The van der Waals surface area contributed by atoms with E-state index in [2.05, 4.69) is 68.2 Å². The molecule has 0 radical (unpaired) electrons. The average molecular weight is 274 g/mol. The second kappa shape index (κ2) is 7.24. The van der Waals surface area contributed by atoms with E-state index in [-0.39, 0.29) is 0 Å². The zero-order valence-corrected chi connectivity index (χ0v) is 13.5. The summed E-state index contributed by atoms with van der Waals surface area (Å²) in [6, 6.07) is 12.0. The smallest absolute Gasteiger partial charge is 0.0208 e. The fraction of sp³-hybridized carbons (Fsp3) is 0.667. The number of rotatable bonds is 5. The molecule has 1 fully saturated rings. The minimum atomic E-state index is 0.624. The van der Waals surface area contributed by atoms with E-state index in [0.717, 1.165) is 18.4 Å². The quantitative estimate of drug-likeness (QED) is 0.883. The van der Waals surface area contributed by atoms with E-state index in [9.17, 15) is 0 Å². The van der Waals surface area contributed by atoms with Crippen molar-refractivity contribution in [3.05, 3.63) is 35.9 Å². The molecule has 20 heavy (non-hydrogen) atoms. The number of piperidine rings is 1. The van der Waals surface area contributed by atoms with E-state index in [0.29, 0.717) is 12.1 Å². The van der Waals surface area contributed by atoms with E-state index < -0.39 is 0 Å². The highest BCUT2D eigenvalue weighted by Crippen LogP contribution is 2.25. The number of benzene rings is 1. The first kappa shape index (κ1) is 15.5. The van der Waals surface area contributed by atoms with Crippen molar-refractivity contribution in [2.75, 3.05) is 13.1 Å². The summed E-state index contributed by atoms with van der Waals surface area (Å²) < 4.78 is 0. The van der Waals surface area contributed by atoms with Crippen LogP contribution in [-0.2, 0) is 6.54 Å². The van der Waals surface area contributed by atoms with Crippen LogP contribution in [0.1, 0.15) is 39.7 Å². The van der Waals surface area contributed by atoms with Gasteiger partial charge < -0.3 is 5.32 Å². The maximum absolute atomic E-state index is 3.77. The van der Waals surface area contributed by atoms with Gasteiger partial charge in [-0.05, 0) is 37.7 Å². The molecular weight excluding hydrogens is 244 g/mol. The first-order valence-corrected chi connectivity index (χ1v) is 8.07. The number of nitrogens with zero attached hydrogens (tertiary/aromatic N) is 1. The lowest BCUT2D eigenvalue weighted by Crippen LogP contribution is -2.52. The lowest BCUT2D eigenvalue weighted by molar-refractivity contribution is 0.0900. The molecule has 2 rings (SSSR count). The van der Waals surface area contributed by atoms with Crippen LogP contribution in [0.25, 0.3) is 0 Å². The van der Waals surface area contributed by atoms with Crippen LogP contribution in [0, 0.1) is 11.8 Å². The van der Waals surface area contributed by atoms with Crippen molar-refractivity contribution in [2.24, 2.45) is 11.8 Å². The Morgan fingerprint density at radius 1 is 1.10 bits per heavy atom. The van der Waals surface area contributed by atoms with Crippen LogP contribution in [0.3, 0.4) is 0 Å². The second-order valence-corrected chi connectivity index (χ2v) is 6.85. The summed E-state index contributed by atoms with van der Waals surface area (Å²) in [5.74, 6) is 1.59. The van der Waals surface area contributed by atoms with Crippen molar-refractivity contribution in [2.45, 2.75) is 52.7 Å². The molecule has 0 bridgehead atoms. The molecule has 1 aliphatic rings. The molecule has 0 aromatic heterocycles. The first-order chi connectivity index (χ1) is 9.56. The standard InChI is InChI=1S/C18H30N2/c1-14(2)17-10-18(13-20(12-17)15(3)4)19-11-16-8-6-5-7-9-16/h5-9,14-15,17-19H,10-13H2,1-4H3. The Morgan fingerprint density at radius 3 is 2.40 bits per heavy atom. The number of nitrogens with one attached hydrogen (secondary N) is 1. The van der Waals surface area contributed by atoms with E-state index in [1.807, 2.05) is 0 Å². The SMILES string of the molecule is CC(C)C1CC(NCc2ccccc2)CN(C(C)C)C1. The predicted octanol–water partition coefficient (Wildman–Crippen LogP) is 3.53. The molecule has 1 aromatic rings. The molecule has 1 saturated heterocycles. The average Bonchev–Trinajstić information content (AvgIpc) is 2.45. The molecular formula is C18H30N2. The zero-order valence-electron chi connectivity index (χ0n) is 13.5. The fourth-order valence-electron chi connectivity index (χ4n) is 3.08. The molecule has 1 aromatic carbocycles. The Kier molecular flexibility index (Phi) is 5.62. The molecule has 0 saturated carbocycles. The Morgan fingerprint density at radius 2 is 1.80 bits per heavy atom. The largest absolute Gasteiger partial charge is 0.309 e. The molecule has 1 heterocycles. The maximum atomic E-state index is 3.77. The maximum Gasteiger partial charge on any atom is 0.0208 e. The number of hydrogen-bond donors (Lipinski definition) is 1. The Hall–Kier alpha value is -0.860. The minimum absolute atomic E-state index is 0.624. The first-order valence-electron chi connectivity index (χ1n) is 8.07. The monoisotopic (exact) mass is 274 g/mol. The van der Waals surface area contributed by atoms with Crippen LogP contribution < -0.4 is 5.32 Å². The third kappa shape index (κ3) is 4.32. The van der Waals surface area contributed by atoms with E-state index in [1.54, 1.807) is 0 Å². The van der Waals surface area contributed by atoms with Gasteiger partial charge in [-0.2, -0.15) is 0 Å². The Labute approximate surface area is 124 Å². The van der Waals surface area contributed by atoms with Gasteiger partial charge in [0, 0.05) is 31.7 Å². The van der Waals surface area contributed by atoms with Gasteiger partial charge in [0.05, 0.1) is 0 Å². The number of hydrogen-bond acceptors (Lipinski definition) is 2. The van der Waals surface area contributed by atoms with Gasteiger partial charge in [0.1, 0.15) is 0 Å². The summed E-state index contributed by atoms with van der Waals surface area (Å²) in [6.45, 7) is 12.8. The van der Waals surface area contributed by atoms with Gasteiger partial charge in [-0.3, -0.25) is 4.90 Å². The molecule has 2 heteroatoms. The summed E-state index contributed by atoms with van der Waals surface area (Å²) >= 11 is 0. The third-order valence-electron chi connectivity index (χ3n) is 4.62. The second-order valence-electron chi connectivity index (χ2n) is 6.85. The molecule has 2 atom stereocenters. The third-order valence-corrected chi connectivity index (χ3v) is 4.62. The molecule has 112 valence electrons. The Balaban J connectivity index is 1.92. The molecule has 0 amide bonds. The van der Waals surface area contributed by atoms with Gasteiger partial charge in [-0.1, -0.05) is 44.2 Å². The van der Waals surface area contributed by atoms with Crippen molar-refractivity contribution in [3.8, 4) is 0 Å². The van der Waals surface area contributed by atoms with Crippen molar-refractivity contribution < 1.29 is 0 Å². The summed E-state index contributed by atoms with van der Waals surface area (Å²) in [7, 11) is 0. The highest BCUT2D eigenvalue weighted by molar-refractivity contribution is 5.14. The highest BCUT2D eigenvalue weighted by atomic mass is 15.2. The summed E-state index contributed by atoms with van der Waals surface area (Å²) in [4.78, 5) is 2.64. The fourth-order valence-corrected chi connectivity index (χ4v) is 3.08. The van der Waals surface area contributed by atoms with Crippen LogP contribution >= 0.6 is 0 Å². The van der Waals surface area contributed by atoms with Crippen molar-refractivity contribution in [1.82, 2.24) is 10.2 Å². The summed E-state index contributed by atoms with van der Waals surface area (Å²) in [6.07, 6.45) is 1.31. The van der Waals surface area contributed by atoms with Crippen LogP contribution in [0.15, 0.2) is 30.3 Å². The Bertz CT molecular complexity index is 370. The molecule has 2 unspecified atom stereocenters. The van der Waals surface area contributed by atoms with E-state index >= 15 is 0 Å². The molecule has 1 aliphatic heterocycles. The topological polar surface area (TPSA) is 15.3 Å². The van der Waals surface area contributed by atoms with Gasteiger partial charge in [-0.15, -0.1) is 0 Å². The molecule has 0 spiro atoms. The van der Waals surface area contributed by atoms with Gasteiger partial charge in [0.15, 0.2) is 0 Å². The van der Waals surface area contributed by atoms with E-state index in [1.165, 1.54) is 25.1 Å². The highest BCUT2D eigenvalue weighted by Gasteiger charge is 2.29. The van der Waals surface area contributed by atoms with Gasteiger partial charge in [0.25, 0.3) is 0 Å². The lowest BCUT2D eigenvalue weighted by atomic mass is 9.85. The lowest BCUT2D eigenvalue weighted by Gasteiger charge is -2.42. The molecule has 0 aliphatic carbocycles. The van der Waals surface area contributed by atoms with Crippen molar-refractivity contribution in [1.29, 1.82) is 0 Å². The van der Waals surface area contributed by atoms with Gasteiger partial charge in [0.2, 0.25) is 0 Å². The van der Waals surface area contributed by atoms with Crippen LogP contribution in [0.4, 0.5) is 0 Å². The minimum Gasteiger partial charge on any atom is -0.309 e. The molecule has 2 nitrogen and oxygen atoms in total. The van der Waals surface area contributed by atoms with Crippen LogP contribution in [-0.4, -0.2) is 30.1 Å². The molecule has 1 N–H and O–H groups in total. The zero-order chi connectivity index (χ0) is 14.5. The number of likely N-dealkylation sites (tertiary alicyclic amines) is 1. The predicted molar refractivity (Wildman–Crippen MR) is 86.7 cm³/mol. The normalized spacial score (nSPS) is 24.5. The summed E-state index contributed by atoms with van der Waals surface area (Å²) in [5.41, 5.74) is 1.38. The summed E-state index contributed by atoms with van der Waals surface area (Å²) in [5, 5.41) is 3.77. The van der Waals surface area contributed by atoms with Gasteiger partial charge >= 0.3 is 0 Å². The van der Waals surface area contributed by atoms with Crippen molar-refractivity contribution in [3.63, 3.8) is 0 Å². The van der Waals surface area contributed by atoms with Crippen LogP contribution in [0.2, 0.25) is 0 Å².